The Hall–Kier alpha value is -1.45. The summed E-state index contributed by atoms with van der Waals surface area (Å²) in [6.45, 7) is 3.37. The van der Waals surface area contributed by atoms with E-state index in [1.54, 1.807) is 0 Å². The van der Waals surface area contributed by atoms with Crippen molar-refractivity contribution in [2.24, 2.45) is 0 Å². The minimum atomic E-state index is -0.361. The molecule has 0 aromatic carbocycles. The fraction of sp³-hybridized carbons (Fsp3) is 0. The molecule has 0 bridgehead atoms. The topological polar surface area (TPSA) is 47.8 Å². The predicted molar refractivity (Wildman–Crippen MR) is 32.7 cm³/mol. The van der Waals surface area contributed by atoms with E-state index >= 15 is 0 Å². The number of hydrogen-bond acceptors (Lipinski definition) is 3. The van der Waals surface area contributed by atoms with Gasteiger partial charge in [-0.25, -0.2) is 9.78 Å². The SMILES string of the molecule is C=Cn1cncnc1=O. The zero-order valence-electron chi connectivity index (χ0n) is 4.69. The highest BCUT2D eigenvalue weighted by atomic mass is 16.1. The van der Waals surface area contributed by atoms with E-state index in [2.05, 4.69) is 16.5 Å². The Bertz CT molecular complexity index is 265. The maximum atomic E-state index is 10.6. The maximum absolute atomic E-state index is 10.6. The molecule has 0 atom stereocenters. The van der Waals surface area contributed by atoms with Crippen molar-refractivity contribution in [3.8, 4) is 0 Å². The van der Waals surface area contributed by atoms with Crippen molar-refractivity contribution in [3.63, 3.8) is 0 Å². The minimum absolute atomic E-state index is 0.361. The summed E-state index contributed by atoms with van der Waals surface area (Å²) in [5, 5.41) is 0. The molecule has 1 aromatic heterocycles. The highest BCUT2D eigenvalue weighted by molar-refractivity contribution is 5.12. The fourth-order valence-electron chi connectivity index (χ4n) is 0.426. The van der Waals surface area contributed by atoms with Crippen LogP contribution < -0.4 is 5.69 Å². The van der Waals surface area contributed by atoms with E-state index in [1.807, 2.05) is 0 Å². The standard InChI is InChI=1S/C5H5N3O/c1-2-8-4-6-3-7-5(8)9/h2-4H,1H2. The van der Waals surface area contributed by atoms with Crippen LogP contribution in [0.4, 0.5) is 0 Å². The van der Waals surface area contributed by atoms with Crippen LogP contribution in [-0.4, -0.2) is 14.5 Å². The van der Waals surface area contributed by atoms with Gasteiger partial charge in [0.2, 0.25) is 0 Å². The lowest BCUT2D eigenvalue weighted by molar-refractivity contribution is 0.895. The second kappa shape index (κ2) is 2.21. The van der Waals surface area contributed by atoms with Crippen molar-refractivity contribution in [1.29, 1.82) is 0 Å². The molecule has 0 aliphatic rings. The Morgan fingerprint density at radius 1 is 1.78 bits per heavy atom. The zero-order chi connectivity index (χ0) is 6.69. The first-order chi connectivity index (χ1) is 4.34. The summed E-state index contributed by atoms with van der Waals surface area (Å²) >= 11 is 0. The average molecular weight is 123 g/mol. The molecule has 0 spiro atoms. The summed E-state index contributed by atoms with van der Waals surface area (Å²) in [6.07, 6.45) is 3.90. The first-order valence-electron chi connectivity index (χ1n) is 2.35. The summed E-state index contributed by atoms with van der Waals surface area (Å²) in [4.78, 5) is 17.6. The van der Waals surface area contributed by atoms with Gasteiger partial charge in [-0.2, -0.15) is 4.98 Å². The third-order valence-corrected chi connectivity index (χ3v) is 0.843. The van der Waals surface area contributed by atoms with Crippen molar-refractivity contribution in [2.75, 3.05) is 0 Å². The lowest BCUT2D eigenvalue weighted by Gasteiger charge is -1.89. The van der Waals surface area contributed by atoms with Crippen molar-refractivity contribution >= 4 is 6.20 Å². The van der Waals surface area contributed by atoms with Gasteiger partial charge in [-0.15, -0.1) is 0 Å². The minimum Gasteiger partial charge on any atom is -0.258 e. The molecule has 0 aliphatic carbocycles. The maximum Gasteiger partial charge on any atom is 0.354 e. The number of nitrogens with zero attached hydrogens (tertiary/aromatic N) is 3. The molecule has 0 saturated carbocycles. The Kier molecular flexibility index (Phi) is 1.40. The molecule has 46 valence electrons. The molecular formula is C5H5N3O. The lowest BCUT2D eigenvalue weighted by atomic mass is 10.9. The van der Waals surface area contributed by atoms with E-state index in [-0.39, 0.29) is 5.69 Å². The van der Waals surface area contributed by atoms with Gasteiger partial charge in [-0.05, 0) is 0 Å². The quantitative estimate of drug-likeness (QED) is 0.516. The van der Waals surface area contributed by atoms with Crippen molar-refractivity contribution in [1.82, 2.24) is 14.5 Å². The van der Waals surface area contributed by atoms with Gasteiger partial charge < -0.3 is 0 Å². The van der Waals surface area contributed by atoms with E-state index in [9.17, 15) is 4.79 Å². The van der Waals surface area contributed by atoms with Gasteiger partial charge in [0.25, 0.3) is 0 Å². The highest BCUT2D eigenvalue weighted by Crippen LogP contribution is 1.70. The molecule has 4 nitrogen and oxygen atoms in total. The van der Waals surface area contributed by atoms with Gasteiger partial charge in [0, 0.05) is 6.20 Å². The second-order valence-electron chi connectivity index (χ2n) is 1.38. The molecular weight excluding hydrogens is 118 g/mol. The molecule has 1 heterocycles. The van der Waals surface area contributed by atoms with Gasteiger partial charge in [-0.3, -0.25) is 4.57 Å². The van der Waals surface area contributed by atoms with Crippen LogP contribution >= 0.6 is 0 Å². The largest absolute Gasteiger partial charge is 0.354 e. The average Bonchev–Trinajstić information content (AvgIpc) is 1.89. The molecule has 0 saturated heterocycles. The Morgan fingerprint density at radius 2 is 2.56 bits per heavy atom. The molecule has 9 heavy (non-hydrogen) atoms. The van der Waals surface area contributed by atoms with Crippen molar-refractivity contribution in [2.45, 2.75) is 0 Å². The van der Waals surface area contributed by atoms with E-state index in [4.69, 9.17) is 0 Å². The summed E-state index contributed by atoms with van der Waals surface area (Å²) in [5.74, 6) is 0. The van der Waals surface area contributed by atoms with Gasteiger partial charge in [0.1, 0.15) is 12.7 Å². The van der Waals surface area contributed by atoms with Crippen LogP contribution in [0.15, 0.2) is 24.0 Å². The van der Waals surface area contributed by atoms with Gasteiger partial charge in [-0.1, -0.05) is 6.58 Å². The van der Waals surface area contributed by atoms with E-state index < -0.39 is 0 Å². The Balaban J connectivity index is 3.32. The zero-order valence-corrected chi connectivity index (χ0v) is 4.69. The van der Waals surface area contributed by atoms with Crippen LogP contribution in [0.2, 0.25) is 0 Å². The van der Waals surface area contributed by atoms with Gasteiger partial charge in [0.05, 0.1) is 0 Å². The molecule has 0 amide bonds. The van der Waals surface area contributed by atoms with E-state index in [1.165, 1.54) is 23.4 Å². The molecule has 1 aromatic rings. The second-order valence-corrected chi connectivity index (χ2v) is 1.38. The van der Waals surface area contributed by atoms with Gasteiger partial charge in [0.15, 0.2) is 0 Å². The van der Waals surface area contributed by atoms with Crippen LogP contribution in [0, 0.1) is 0 Å². The third kappa shape index (κ3) is 1.02. The van der Waals surface area contributed by atoms with Gasteiger partial charge >= 0.3 is 5.69 Å². The molecule has 0 fully saturated rings. The van der Waals surface area contributed by atoms with E-state index in [0.717, 1.165) is 0 Å². The summed E-state index contributed by atoms with van der Waals surface area (Å²) in [7, 11) is 0. The first-order valence-corrected chi connectivity index (χ1v) is 2.35. The molecule has 1 rings (SSSR count). The molecule has 0 aliphatic heterocycles. The van der Waals surface area contributed by atoms with Crippen molar-refractivity contribution in [3.05, 3.63) is 29.7 Å². The summed E-state index contributed by atoms with van der Waals surface area (Å²) < 4.78 is 1.19. The molecule has 0 N–H and O–H groups in total. The van der Waals surface area contributed by atoms with Crippen LogP contribution in [0.5, 0.6) is 0 Å². The van der Waals surface area contributed by atoms with Crippen LogP contribution in [0.3, 0.4) is 0 Å². The predicted octanol–water partition coefficient (Wildman–Crippen LogP) is -0.261. The first kappa shape index (κ1) is 5.68. The number of hydrogen-bond donors (Lipinski definition) is 0. The van der Waals surface area contributed by atoms with Crippen LogP contribution in [-0.2, 0) is 0 Å². The molecule has 0 unspecified atom stereocenters. The van der Waals surface area contributed by atoms with Crippen LogP contribution in [0.1, 0.15) is 0 Å². The molecule has 4 heteroatoms. The van der Waals surface area contributed by atoms with Crippen molar-refractivity contribution < 1.29 is 0 Å². The normalized spacial score (nSPS) is 8.89. The molecule has 0 radical (unpaired) electrons. The Labute approximate surface area is 51.5 Å². The number of aromatic nitrogens is 3. The number of rotatable bonds is 1. The summed E-state index contributed by atoms with van der Waals surface area (Å²) in [5.41, 5.74) is -0.361. The monoisotopic (exact) mass is 123 g/mol. The third-order valence-electron chi connectivity index (χ3n) is 0.843. The lowest BCUT2D eigenvalue weighted by Crippen LogP contribution is -2.17. The summed E-state index contributed by atoms with van der Waals surface area (Å²) in [6, 6.07) is 0. The van der Waals surface area contributed by atoms with E-state index in [0.29, 0.717) is 0 Å². The smallest absolute Gasteiger partial charge is 0.258 e. The Morgan fingerprint density at radius 3 is 3.00 bits per heavy atom. The fourth-order valence-corrected chi connectivity index (χ4v) is 0.426. The highest BCUT2D eigenvalue weighted by Gasteiger charge is 1.84. The van der Waals surface area contributed by atoms with Crippen LogP contribution in [0.25, 0.3) is 6.20 Å².